The first-order chi connectivity index (χ1) is 7.01. The summed E-state index contributed by atoms with van der Waals surface area (Å²) in [5.41, 5.74) is 5.55. The summed E-state index contributed by atoms with van der Waals surface area (Å²) in [5.74, 6) is 0.0417. The third kappa shape index (κ3) is 3.14. The van der Waals surface area contributed by atoms with Crippen LogP contribution in [0.1, 0.15) is 19.8 Å². The molecule has 2 atom stereocenters. The van der Waals surface area contributed by atoms with Crippen LogP contribution in [0, 0.1) is 0 Å². The van der Waals surface area contributed by atoms with Crippen molar-refractivity contribution in [2.75, 3.05) is 26.0 Å². The number of nitrogens with zero attached hydrogens (tertiary/aromatic N) is 1. The molecule has 1 saturated heterocycles. The van der Waals surface area contributed by atoms with E-state index in [9.17, 15) is 8.42 Å². The van der Waals surface area contributed by atoms with Crippen LogP contribution in [0.15, 0.2) is 0 Å². The van der Waals surface area contributed by atoms with Gasteiger partial charge in [0.15, 0.2) is 0 Å². The number of ether oxygens (including phenoxy) is 1. The molecule has 1 heterocycles. The molecule has 0 aromatic rings. The minimum Gasteiger partial charge on any atom is -0.381 e. The van der Waals surface area contributed by atoms with E-state index in [1.54, 1.807) is 6.92 Å². The fourth-order valence-corrected chi connectivity index (χ4v) is 3.85. The zero-order chi connectivity index (χ0) is 11.5. The van der Waals surface area contributed by atoms with Gasteiger partial charge < -0.3 is 10.5 Å². The number of nitrogens with two attached hydrogens (primary N) is 1. The highest BCUT2D eigenvalue weighted by Gasteiger charge is 2.33. The molecule has 0 radical (unpaired) electrons. The van der Waals surface area contributed by atoms with Gasteiger partial charge in [-0.25, -0.2) is 8.42 Å². The number of sulfonamides is 1. The maximum Gasteiger partial charge on any atom is 0.216 e. The standard InChI is InChI=1S/C9H20N2O3S/c1-8(14-2)7-15(12,13)11-5-3-4-9(11)6-10/h8-9H,3-7,10H2,1-2H3. The van der Waals surface area contributed by atoms with Crippen molar-refractivity contribution < 1.29 is 13.2 Å². The molecule has 0 bridgehead atoms. The molecule has 0 aliphatic carbocycles. The van der Waals surface area contributed by atoms with E-state index in [2.05, 4.69) is 0 Å². The van der Waals surface area contributed by atoms with Gasteiger partial charge in [0.1, 0.15) is 0 Å². The van der Waals surface area contributed by atoms with Crippen LogP contribution in [0.4, 0.5) is 0 Å². The van der Waals surface area contributed by atoms with E-state index < -0.39 is 10.0 Å². The molecule has 1 aliphatic rings. The molecule has 1 rings (SSSR count). The molecule has 0 saturated carbocycles. The van der Waals surface area contributed by atoms with Crippen LogP contribution in [-0.2, 0) is 14.8 Å². The zero-order valence-electron chi connectivity index (χ0n) is 9.35. The van der Waals surface area contributed by atoms with Gasteiger partial charge in [-0.05, 0) is 19.8 Å². The summed E-state index contributed by atoms with van der Waals surface area (Å²) in [5, 5.41) is 0. The number of methoxy groups -OCH3 is 1. The summed E-state index contributed by atoms with van der Waals surface area (Å²) in [6, 6.07) is -0.0148. The molecule has 6 heteroatoms. The molecule has 0 aromatic heterocycles. The number of hydrogen-bond acceptors (Lipinski definition) is 4. The Kier molecular flexibility index (Phi) is 4.51. The van der Waals surface area contributed by atoms with Gasteiger partial charge in [-0.15, -0.1) is 0 Å². The van der Waals surface area contributed by atoms with Crippen molar-refractivity contribution in [1.82, 2.24) is 4.31 Å². The van der Waals surface area contributed by atoms with E-state index in [0.717, 1.165) is 12.8 Å². The Bertz CT molecular complexity index is 292. The monoisotopic (exact) mass is 236 g/mol. The van der Waals surface area contributed by atoms with Gasteiger partial charge in [0, 0.05) is 26.2 Å². The topological polar surface area (TPSA) is 72.6 Å². The van der Waals surface area contributed by atoms with Crippen molar-refractivity contribution in [2.24, 2.45) is 5.73 Å². The Morgan fingerprint density at radius 1 is 1.60 bits per heavy atom. The summed E-state index contributed by atoms with van der Waals surface area (Å²) >= 11 is 0. The Hall–Kier alpha value is -0.170. The number of rotatable bonds is 5. The second-order valence-corrected chi connectivity index (χ2v) is 5.93. The Morgan fingerprint density at radius 3 is 2.80 bits per heavy atom. The van der Waals surface area contributed by atoms with E-state index in [1.165, 1.54) is 11.4 Å². The van der Waals surface area contributed by atoms with Crippen LogP contribution in [0.25, 0.3) is 0 Å². The average Bonchev–Trinajstić information content (AvgIpc) is 2.65. The third-order valence-corrected chi connectivity index (χ3v) is 4.89. The maximum atomic E-state index is 12.0. The number of hydrogen-bond donors (Lipinski definition) is 1. The molecule has 0 amide bonds. The van der Waals surface area contributed by atoms with Crippen LogP contribution in [0.5, 0.6) is 0 Å². The van der Waals surface area contributed by atoms with Crippen molar-refractivity contribution in [3.8, 4) is 0 Å². The minimum absolute atomic E-state index is 0.0148. The Balaban J connectivity index is 2.68. The third-order valence-electron chi connectivity index (χ3n) is 2.80. The first-order valence-electron chi connectivity index (χ1n) is 5.23. The quantitative estimate of drug-likeness (QED) is 0.716. The van der Waals surface area contributed by atoms with Crippen molar-refractivity contribution in [2.45, 2.75) is 31.9 Å². The lowest BCUT2D eigenvalue weighted by molar-refractivity contribution is 0.135. The minimum atomic E-state index is -3.20. The fraction of sp³-hybridized carbons (Fsp3) is 1.00. The second-order valence-electron chi connectivity index (χ2n) is 3.97. The highest BCUT2D eigenvalue weighted by Crippen LogP contribution is 2.21. The summed E-state index contributed by atoms with van der Waals surface area (Å²) < 4.78 is 30.4. The van der Waals surface area contributed by atoms with Crippen molar-refractivity contribution >= 4 is 10.0 Å². The normalized spacial score (nSPS) is 25.7. The van der Waals surface area contributed by atoms with Crippen molar-refractivity contribution in [3.05, 3.63) is 0 Å². The summed E-state index contributed by atoms with van der Waals surface area (Å²) in [6.45, 7) is 2.76. The van der Waals surface area contributed by atoms with E-state index >= 15 is 0 Å². The highest BCUT2D eigenvalue weighted by atomic mass is 32.2. The SMILES string of the molecule is COC(C)CS(=O)(=O)N1CCCC1CN. The molecular weight excluding hydrogens is 216 g/mol. The Labute approximate surface area is 91.6 Å². The molecule has 5 nitrogen and oxygen atoms in total. The maximum absolute atomic E-state index is 12.0. The van der Waals surface area contributed by atoms with Gasteiger partial charge >= 0.3 is 0 Å². The molecule has 1 fully saturated rings. The lowest BCUT2D eigenvalue weighted by atomic mass is 10.2. The van der Waals surface area contributed by atoms with Crippen LogP contribution in [-0.4, -0.2) is 50.8 Å². The van der Waals surface area contributed by atoms with Crippen LogP contribution in [0.2, 0.25) is 0 Å². The summed E-state index contributed by atoms with van der Waals surface area (Å²) in [7, 11) is -1.69. The van der Waals surface area contributed by atoms with Crippen LogP contribution in [0.3, 0.4) is 0 Å². The van der Waals surface area contributed by atoms with Gasteiger partial charge in [0.2, 0.25) is 10.0 Å². The average molecular weight is 236 g/mol. The first kappa shape index (κ1) is 12.9. The van der Waals surface area contributed by atoms with Gasteiger partial charge in [-0.3, -0.25) is 0 Å². The summed E-state index contributed by atoms with van der Waals surface area (Å²) in [4.78, 5) is 0. The molecule has 0 spiro atoms. The van der Waals surface area contributed by atoms with Gasteiger partial charge in [0.25, 0.3) is 0 Å². The fourth-order valence-electron chi connectivity index (χ4n) is 1.87. The van der Waals surface area contributed by atoms with Gasteiger partial charge in [-0.1, -0.05) is 0 Å². The van der Waals surface area contributed by atoms with Crippen LogP contribution < -0.4 is 5.73 Å². The van der Waals surface area contributed by atoms with Gasteiger partial charge in [0.05, 0.1) is 11.9 Å². The summed E-state index contributed by atoms with van der Waals surface area (Å²) in [6.07, 6.45) is 1.51. The van der Waals surface area contributed by atoms with E-state index in [0.29, 0.717) is 13.1 Å². The van der Waals surface area contributed by atoms with E-state index in [4.69, 9.17) is 10.5 Å². The van der Waals surface area contributed by atoms with Crippen molar-refractivity contribution in [1.29, 1.82) is 0 Å². The molecule has 0 aromatic carbocycles. The molecule has 2 N–H and O–H groups in total. The van der Waals surface area contributed by atoms with Gasteiger partial charge in [-0.2, -0.15) is 4.31 Å². The second kappa shape index (κ2) is 5.25. The molecule has 1 aliphatic heterocycles. The Morgan fingerprint density at radius 2 is 2.27 bits per heavy atom. The van der Waals surface area contributed by atoms with E-state index in [1.807, 2.05) is 0 Å². The smallest absolute Gasteiger partial charge is 0.216 e. The largest absolute Gasteiger partial charge is 0.381 e. The predicted octanol–water partition coefficient (Wildman–Crippen LogP) is -0.226. The molecule has 90 valence electrons. The lowest BCUT2D eigenvalue weighted by Crippen LogP contribution is -2.42. The van der Waals surface area contributed by atoms with Crippen molar-refractivity contribution in [3.63, 3.8) is 0 Å². The lowest BCUT2D eigenvalue weighted by Gasteiger charge is -2.24. The predicted molar refractivity (Wildman–Crippen MR) is 59.0 cm³/mol. The highest BCUT2D eigenvalue weighted by molar-refractivity contribution is 7.89. The molecule has 15 heavy (non-hydrogen) atoms. The molecule has 2 unspecified atom stereocenters. The van der Waals surface area contributed by atoms with Crippen LogP contribution >= 0.6 is 0 Å². The molecular formula is C9H20N2O3S. The first-order valence-corrected chi connectivity index (χ1v) is 6.84. The zero-order valence-corrected chi connectivity index (χ0v) is 10.2. The van der Waals surface area contributed by atoms with E-state index in [-0.39, 0.29) is 17.9 Å².